The van der Waals surface area contributed by atoms with E-state index >= 15 is 0 Å². The number of hydrogen-bond donors (Lipinski definition) is 3. The fourth-order valence-electron chi connectivity index (χ4n) is 2.89. The summed E-state index contributed by atoms with van der Waals surface area (Å²) in [6, 6.07) is 2.18. The highest BCUT2D eigenvalue weighted by molar-refractivity contribution is 5.23. The number of aliphatic hydroxyl groups is 1. The second-order valence-corrected chi connectivity index (χ2v) is 6.32. The lowest BCUT2D eigenvalue weighted by atomic mass is 9.82. The van der Waals surface area contributed by atoms with Crippen molar-refractivity contribution in [3.05, 3.63) is 29.8 Å². The van der Waals surface area contributed by atoms with Crippen LogP contribution in [0, 0.1) is 24.0 Å². The van der Waals surface area contributed by atoms with E-state index in [1.807, 2.05) is 0 Å². The van der Waals surface area contributed by atoms with Gasteiger partial charge in [0.25, 0.3) is 0 Å². The lowest BCUT2D eigenvalue weighted by Crippen LogP contribution is -2.52. The van der Waals surface area contributed by atoms with Gasteiger partial charge >= 0.3 is 0 Å². The molecule has 1 saturated carbocycles. The molecule has 0 saturated heterocycles. The van der Waals surface area contributed by atoms with Gasteiger partial charge < -0.3 is 15.6 Å². The summed E-state index contributed by atoms with van der Waals surface area (Å²) in [4.78, 5) is 0. The summed E-state index contributed by atoms with van der Waals surface area (Å²) in [7, 11) is 0. The lowest BCUT2D eigenvalue weighted by molar-refractivity contribution is 0.104. The van der Waals surface area contributed by atoms with Crippen LogP contribution in [0.3, 0.4) is 0 Å². The van der Waals surface area contributed by atoms with Gasteiger partial charge in [0.05, 0.1) is 17.7 Å². The smallest absolute Gasteiger partial charge is 0.129 e. The Morgan fingerprint density at radius 2 is 1.88 bits per heavy atom. The van der Waals surface area contributed by atoms with Gasteiger partial charge in [0.2, 0.25) is 0 Å². The number of halogens is 2. The Bertz CT molecular complexity index is 563. The van der Waals surface area contributed by atoms with Gasteiger partial charge in [-0.1, -0.05) is 25.2 Å². The summed E-state index contributed by atoms with van der Waals surface area (Å²) in [6.07, 6.45) is 9.82. The summed E-state index contributed by atoms with van der Waals surface area (Å²) in [6.45, 7) is 0.182. The second kappa shape index (κ2) is 8.43. The molecule has 4 nitrogen and oxygen atoms in total. The number of hydrogen-bond acceptors (Lipinski definition) is 4. The number of aliphatic hydroxyl groups excluding tert-OH is 1. The van der Waals surface area contributed by atoms with E-state index < -0.39 is 23.8 Å². The zero-order valence-corrected chi connectivity index (χ0v) is 13.6. The first kappa shape index (κ1) is 18.7. The molecule has 2 rings (SSSR count). The quantitative estimate of drug-likeness (QED) is 0.665. The molecule has 0 amide bonds. The molecule has 1 aliphatic carbocycles. The van der Waals surface area contributed by atoms with Gasteiger partial charge in [0.1, 0.15) is 24.0 Å². The fraction of sp³-hybridized carbons (Fsp3) is 0.556. The fourth-order valence-corrected chi connectivity index (χ4v) is 2.89. The first-order valence-corrected chi connectivity index (χ1v) is 8.19. The van der Waals surface area contributed by atoms with Gasteiger partial charge in [-0.05, 0) is 12.8 Å². The summed E-state index contributed by atoms with van der Waals surface area (Å²) < 4.78 is 31.4. The van der Waals surface area contributed by atoms with Crippen molar-refractivity contribution >= 4 is 0 Å². The monoisotopic (exact) mass is 338 g/mol. The van der Waals surface area contributed by atoms with E-state index in [-0.39, 0.29) is 24.4 Å². The molecule has 0 bridgehead atoms. The third-order valence-corrected chi connectivity index (χ3v) is 4.41. The first-order valence-electron chi connectivity index (χ1n) is 8.19. The molecule has 1 aliphatic rings. The summed E-state index contributed by atoms with van der Waals surface area (Å²) in [5.41, 5.74) is 5.50. The van der Waals surface area contributed by atoms with E-state index in [1.165, 1.54) is 6.42 Å². The number of nitrogens with one attached hydrogen (secondary N) is 1. The van der Waals surface area contributed by atoms with Crippen LogP contribution < -0.4 is 15.8 Å². The summed E-state index contributed by atoms with van der Waals surface area (Å²) >= 11 is 0. The molecule has 1 aromatic carbocycles. The molecular formula is C18H24F2N2O2. The number of benzene rings is 1. The van der Waals surface area contributed by atoms with Crippen molar-refractivity contribution in [1.29, 1.82) is 0 Å². The Hall–Kier alpha value is -1.68. The van der Waals surface area contributed by atoms with Crippen molar-refractivity contribution in [2.24, 2.45) is 5.73 Å². The highest BCUT2D eigenvalue weighted by Gasteiger charge is 2.30. The van der Waals surface area contributed by atoms with Crippen LogP contribution >= 0.6 is 0 Å². The maximum atomic E-state index is 13.1. The van der Waals surface area contributed by atoms with Crippen molar-refractivity contribution in [3.63, 3.8) is 0 Å². The van der Waals surface area contributed by atoms with Crippen molar-refractivity contribution in [2.75, 3.05) is 13.2 Å². The summed E-state index contributed by atoms with van der Waals surface area (Å²) in [5, 5.41) is 13.4. The van der Waals surface area contributed by atoms with Gasteiger partial charge in [-0.25, -0.2) is 8.78 Å². The van der Waals surface area contributed by atoms with Crippen LogP contribution in [0.25, 0.3) is 0 Å². The first-order chi connectivity index (χ1) is 11.4. The van der Waals surface area contributed by atoms with Gasteiger partial charge in [-0.3, -0.25) is 5.32 Å². The number of nitrogens with two attached hydrogens (primary N) is 1. The van der Waals surface area contributed by atoms with Crippen molar-refractivity contribution < 1.29 is 18.6 Å². The highest BCUT2D eigenvalue weighted by Crippen LogP contribution is 2.27. The minimum Gasteiger partial charge on any atom is -0.492 e. The standard InChI is InChI=1S/C18H24F2N2O2/c1-2-18(6-4-3-5-7-18)22-11-17(23)16(21)12-24-15-9-13(19)8-14(20)10-15/h1,8-10,16-17,22-23H,3-7,11-12,21H2/t16-,17+/m0/s1. The molecule has 24 heavy (non-hydrogen) atoms. The van der Waals surface area contributed by atoms with E-state index in [9.17, 15) is 13.9 Å². The van der Waals surface area contributed by atoms with Crippen molar-refractivity contribution in [3.8, 4) is 18.1 Å². The number of ether oxygens (including phenoxy) is 1. The Labute approximate surface area is 141 Å². The van der Waals surface area contributed by atoms with Crippen molar-refractivity contribution in [1.82, 2.24) is 5.32 Å². The molecule has 0 spiro atoms. The van der Waals surface area contributed by atoms with Crippen LogP contribution in [0.15, 0.2) is 18.2 Å². The van der Waals surface area contributed by atoms with Crippen LogP contribution in [-0.4, -0.2) is 35.9 Å². The van der Waals surface area contributed by atoms with Crippen LogP contribution in [0.4, 0.5) is 8.78 Å². The zero-order chi connectivity index (χ0) is 17.6. The molecule has 0 aromatic heterocycles. The molecule has 1 aromatic rings. The Kier molecular flexibility index (Phi) is 6.55. The SMILES string of the molecule is C#CC1(NC[C@@H](O)[C@@H](N)COc2cc(F)cc(F)c2)CCCCC1. The Morgan fingerprint density at radius 1 is 1.25 bits per heavy atom. The summed E-state index contributed by atoms with van der Waals surface area (Å²) in [5.74, 6) is 1.39. The molecule has 0 unspecified atom stereocenters. The average Bonchev–Trinajstić information content (AvgIpc) is 2.57. The molecule has 1 fully saturated rings. The van der Waals surface area contributed by atoms with E-state index in [0.717, 1.165) is 43.9 Å². The third-order valence-electron chi connectivity index (χ3n) is 4.41. The van der Waals surface area contributed by atoms with E-state index in [4.69, 9.17) is 16.9 Å². The number of rotatable bonds is 7. The topological polar surface area (TPSA) is 67.5 Å². The average molecular weight is 338 g/mol. The minimum atomic E-state index is -0.879. The van der Waals surface area contributed by atoms with Crippen LogP contribution in [-0.2, 0) is 0 Å². The Balaban J connectivity index is 1.81. The predicted octanol–water partition coefficient (Wildman–Crippen LogP) is 1.96. The van der Waals surface area contributed by atoms with Crippen LogP contribution in [0.1, 0.15) is 32.1 Å². The normalized spacial score (nSPS) is 19.3. The Morgan fingerprint density at radius 3 is 2.46 bits per heavy atom. The number of terminal acetylenes is 1. The van der Waals surface area contributed by atoms with Gasteiger partial charge in [-0.15, -0.1) is 6.42 Å². The predicted molar refractivity (Wildman–Crippen MR) is 88.5 cm³/mol. The number of β-amino-alcohol motifs (C(OH)–C–C–N with tert-alkyl or cyclic N) is 1. The van der Waals surface area contributed by atoms with E-state index in [1.54, 1.807) is 0 Å². The molecule has 4 N–H and O–H groups in total. The zero-order valence-electron chi connectivity index (χ0n) is 13.6. The second-order valence-electron chi connectivity index (χ2n) is 6.32. The van der Waals surface area contributed by atoms with E-state index in [0.29, 0.717) is 0 Å². The maximum absolute atomic E-state index is 13.1. The molecule has 0 aliphatic heterocycles. The van der Waals surface area contributed by atoms with Crippen LogP contribution in [0.2, 0.25) is 0 Å². The minimum absolute atomic E-state index is 0.0375. The molecule has 0 radical (unpaired) electrons. The maximum Gasteiger partial charge on any atom is 0.129 e. The van der Waals surface area contributed by atoms with Gasteiger partial charge in [0, 0.05) is 24.7 Å². The lowest BCUT2D eigenvalue weighted by Gasteiger charge is -2.35. The molecule has 0 heterocycles. The molecular weight excluding hydrogens is 314 g/mol. The third kappa shape index (κ3) is 5.17. The van der Waals surface area contributed by atoms with Gasteiger partial charge in [-0.2, -0.15) is 0 Å². The van der Waals surface area contributed by atoms with Crippen LogP contribution in [0.5, 0.6) is 5.75 Å². The molecule has 6 heteroatoms. The van der Waals surface area contributed by atoms with Crippen molar-refractivity contribution in [2.45, 2.75) is 49.8 Å². The highest BCUT2D eigenvalue weighted by atomic mass is 19.1. The van der Waals surface area contributed by atoms with Gasteiger partial charge in [0.15, 0.2) is 0 Å². The largest absolute Gasteiger partial charge is 0.492 e. The molecule has 2 atom stereocenters. The molecule has 132 valence electrons. The van der Waals surface area contributed by atoms with E-state index in [2.05, 4.69) is 11.2 Å².